The maximum absolute atomic E-state index is 9.10. The number of rotatable bonds is 4. The van der Waals surface area contributed by atoms with Crippen molar-refractivity contribution in [2.24, 2.45) is 0 Å². The zero-order valence-corrected chi connectivity index (χ0v) is 18.5. The van der Waals surface area contributed by atoms with Gasteiger partial charge in [0.15, 0.2) is 0 Å². The number of hydrogen-bond acceptors (Lipinski definition) is 3. The van der Waals surface area contributed by atoms with E-state index in [2.05, 4.69) is 34.2 Å². The predicted octanol–water partition coefficient (Wildman–Crippen LogP) is 7.52. The van der Waals surface area contributed by atoms with Crippen LogP contribution in [-0.4, -0.2) is 9.97 Å². The number of nitrogens with one attached hydrogen (secondary N) is 2. The number of ether oxygens (including phenoxy) is 1. The van der Waals surface area contributed by atoms with E-state index in [0.717, 1.165) is 55.8 Å². The van der Waals surface area contributed by atoms with Gasteiger partial charge in [0.25, 0.3) is 0 Å². The zero-order chi connectivity index (χ0) is 23.8. The standard InChI is InChI=1S/C30H18N4O/c31-17-19-1-3-23-15-29(33-27(23)13-19)21-5-9-25(10-6-21)35-26-11-7-22(8-12-26)30-16-24-4-2-20(18-32)14-28(24)34-30/h1-16,33-34H. The summed E-state index contributed by atoms with van der Waals surface area (Å²) in [5.41, 5.74) is 7.23. The Balaban J connectivity index is 1.19. The van der Waals surface area contributed by atoms with E-state index < -0.39 is 0 Å². The molecular weight excluding hydrogens is 432 g/mol. The number of H-pyrrole nitrogens is 2. The molecule has 6 rings (SSSR count). The van der Waals surface area contributed by atoms with E-state index in [0.29, 0.717) is 11.1 Å². The summed E-state index contributed by atoms with van der Waals surface area (Å²) < 4.78 is 6.05. The highest BCUT2D eigenvalue weighted by atomic mass is 16.5. The number of nitrogens with zero attached hydrogens (tertiary/aromatic N) is 2. The molecule has 4 aromatic carbocycles. The van der Waals surface area contributed by atoms with Crippen molar-refractivity contribution in [2.75, 3.05) is 0 Å². The fourth-order valence-corrected chi connectivity index (χ4v) is 4.25. The summed E-state index contributed by atoms with van der Waals surface area (Å²) in [6.07, 6.45) is 0. The quantitative estimate of drug-likeness (QED) is 0.291. The molecule has 0 aliphatic carbocycles. The molecule has 6 aromatic rings. The van der Waals surface area contributed by atoms with Crippen LogP contribution in [-0.2, 0) is 0 Å². The first kappa shape index (κ1) is 20.4. The van der Waals surface area contributed by atoms with E-state index in [4.69, 9.17) is 15.3 Å². The fourth-order valence-electron chi connectivity index (χ4n) is 4.25. The Morgan fingerprint density at radius 3 is 1.34 bits per heavy atom. The van der Waals surface area contributed by atoms with Crippen LogP contribution in [0.15, 0.2) is 97.1 Å². The highest BCUT2D eigenvalue weighted by Gasteiger charge is 2.07. The minimum atomic E-state index is 0.637. The molecular formula is C30H18N4O. The topological polar surface area (TPSA) is 88.4 Å². The van der Waals surface area contributed by atoms with Gasteiger partial charge in [-0.05, 0) is 96.1 Å². The van der Waals surface area contributed by atoms with Crippen molar-refractivity contribution in [2.45, 2.75) is 0 Å². The molecule has 0 bridgehead atoms. The highest BCUT2D eigenvalue weighted by molar-refractivity contribution is 5.88. The van der Waals surface area contributed by atoms with E-state index in [9.17, 15) is 0 Å². The largest absolute Gasteiger partial charge is 0.457 e. The number of aromatic amines is 2. The number of hydrogen-bond donors (Lipinski definition) is 2. The van der Waals surface area contributed by atoms with Crippen molar-refractivity contribution in [3.05, 3.63) is 108 Å². The number of fused-ring (bicyclic) bond motifs is 2. The van der Waals surface area contributed by atoms with Gasteiger partial charge in [-0.15, -0.1) is 0 Å². The molecule has 0 radical (unpaired) electrons. The molecule has 0 atom stereocenters. The third kappa shape index (κ3) is 3.88. The second-order valence-corrected chi connectivity index (χ2v) is 8.34. The third-order valence-corrected chi connectivity index (χ3v) is 6.07. The molecule has 164 valence electrons. The number of nitriles is 2. The molecule has 35 heavy (non-hydrogen) atoms. The Labute approximate surface area is 201 Å². The summed E-state index contributed by atoms with van der Waals surface area (Å²) in [6.45, 7) is 0. The molecule has 2 heterocycles. The molecule has 0 amide bonds. The summed E-state index contributed by atoms with van der Waals surface area (Å²) in [5, 5.41) is 20.3. The molecule has 0 spiro atoms. The van der Waals surface area contributed by atoms with Crippen molar-refractivity contribution < 1.29 is 4.74 Å². The molecule has 0 saturated carbocycles. The SMILES string of the molecule is N#Cc1ccc2cc(-c3ccc(Oc4ccc(-c5cc6ccc(C#N)cc6[nH]5)cc4)cc3)[nH]c2c1. The molecule has 0 aliphatic heterocycles. The lowest BCUT2D eigenvalue weighted by Crippen LogP contribution is -1.85. The first-order valence-electron chi connectivity index (χ1n) is 11.1. The average Bonchev–Trinajstić information content (AvgIpc) is 3.53. The Kier molecular flexibility index (Phi) is 4.80. The van der Waals surface area contributed by atoms with Crippen LogP contribution in [0.2, 0.25) is 0 Å². The number of benzene rings is 4. The van der Waals surface area contributed by atoms with Crippen LogP contribution in [0, 0.1) is 22.7 Å². The van der Waals surface area contributed by atoms with E-state index >= 15 is 0 Å². The minimum Gasteiger partial charge on any atom is -0.457 e. The second-order valence-electron chi connectivity index (χ2n) is 8.34. The summed E-state index contributed by atoms with van der Waals surface area (Å²) >= 11 is 0. The van der Waals surface area contributed by atoms with Gasteiger partial charge in [-0.2, -0.15) is 10.5 Å². The van der Waals surface area contributed by atoms with Crippen LogP contribution < -0.4 is 4.74 Å². The zero-order valence-electron chi connectivity index (χ0n) is 18.5. The Bertz CT molecular complexity index is 1640. The predicted molar refractivity (Wildman–Crippen MR) is 137 cm³/mol. The van der Waals surface area contributed by atoms with Gasteiger partial charge >= 0.3 is 0 Å². The van der Waals surface area contributed by atoms with Crippen LogP contribution in [0.3, 0.4) is 0 Å². The van der Waals surface area contributed by atoms with Crippen molar-refractivity contribution >= 4 is 21.8 Å². The smallest absolute Gasteiger partial charge is 0.127 e. The molecule has 0 saturated heterocycles. The lowest BCUT2D eigenvalue weighted by Gasteiger charge is -2.07. The number of aromatic nitrogens is 2. The van der Waals surface area contributed by atoms with Crippen LogP contribution in [0.4, 0.5) is 0 Å². The fraction of sp³-hybridized carbons (Fsp3) is 0. The van der Waals surface area contributed by atoms with Gasteiger partial charge in [-0.25, -0.2) is 0 Å². The monoisotopic (exact) mass is 450 g/mol. The molecule has 2 aromatic heterocycles. The van der Waals surface area contributed by atoms with Crippen LogP contribution in [0.25, 0.3) is 44.3 Å². The first-order chi connectivity index (χ1) is 17.2. The van der Waals surface area contributed by atoms with E-state index in [1.165, 1.54) is 0 Å². The van der Waals surface area contributed by atoms with Gasteiger partial charge in [0.1, 0.15) is 11.5 Å². The average molecular weight is 451 g/mol. The maximum atomic E-state index is 9.10. The molecule has 0 fully saturated rings. The lowest BCUT2D eigenvalue weighted by atomic mass is 10.1. The van der Waals surface area contributed by atoms with Gasteiger partial charge in [0.2, 0.25) is 0 Å². The molecule has 5 heteroatoms. The summed E-state index contributed by atoms with van der Waals surface area (Å²) in [7, 11) is 0. The summed E-state index contributed by atoms with van der Waals surface area (Å²) in [4.78, 5) is 6.77. The van der Waals surface area contributed by atoms with Crippen molar-refractivity contribution in [1.29, 1.82) is 10.5 Å². The van der Waals surface area contributed by atoms with Gasteiger partial charge in [0, 0.05) is 33.2 Å². The van der Waals surface area contributed by atoms with Crippen molar-refractivity contribution in [3.8, 4) is 46.2 Å². The van der Waals surface area contributed by atoms with Gasteiger partial charge in [-0.3, -0.25) is 0 Å². The normalized spacial score (nSPS) is 10.8. The Morgan fingerprint density at radius 1 is 0.514 bits per heavy atom. The second kappa shape index (κ2) is 8.26. The Hall–Kier alpha value is -5.26. The Morgan fingerprint density at radius 2 is 0.943 bits per heavy atom. The van der Waals surface area contributed by atoms with Gasteiger partial charge in [-0.1, -0.05) is 12.1 Å². The van der Waals surface area contributed by atoms with Crippen molar-refractivity contribution in [1.82, 2.24) is 9.97 Å². The van der Waals surface area contributed by atoms with E-state index in [1.807, 2.05) is 84.9 Å². The maximum Gasteiger partial charge on any atom is 0.127 e. The molecule has 2 N–H and O–H groups in total. The van der Waals surface area contributed by atoms with Crippen LogP contribution >= 0.6 is 0 Å². The molecule has 0 aliphatic rings. The van der Waals surface area contributed by atoms with E-state index in [1.54, 1.807) is 0 Å². The van der Waals surface area contributed by atoms with Gasteiger partial charge in [0.05, 0.1) is 23.3 Å². The molecule has 5 nitrogen and oxygen atoms in total. The van der Waals surface area contributed by atoms with Crippen molar-refractivity contribution in [3.63, 3.8) is 0 Å². The van der Waals surface area contributed by atoms with Crippen LogP contribution in [0.1, 0.15) is 11.1 Å². The highest BCUT2D eigenvalue weighted by Crippen LogP contribution is 2.30. The van der Waals surface area contributed by atoms with Gasteiger partial charge < -0.3 is 14.7 Å². The summed E-state index contributed by atoms with van der Waals surface area (Å²) in [5.74, 6) is 1.50. The minimum absolute atomic E-state index is 0.637. The lowest BCUT2D eigenvalue weighted by molar-refractivity contribution is 0.483. The first-order valence-corrected chi connectivity index (χ1v) is 11.1. The van der Waals surface area contributed by atoms with E-state index in [-0.39, 0.29) is 0 Å². The molecule has 0 unspecified atom stereocenters. The third-order valence-electron chi connectivity index (χ3n) is 6.07. The summed E-state index contributed by atoms with van der Waals surface area (Å²) in [6, 6.07) is 35.6. The van der Waals surface area contributed by atoms with Crippen LogP contribution in [0.5, 0.6) is 11.5 Å².